The molecule has 0 fully saturated rings. The van der Waals surface area contributed by atoms with E-state index in [0.717, 1.165) is 5.56 Å². The van der Waals surface area contributed by atoms with Gasteiger partial charge in [0, 0.05) is 29.8 Å². The normalized spacial score (nSPS) is 11.5. The Morgan fingerprint density at radius 3 is 2.36 bits per heavy atom. The van der Waals surface area contributed by atoms with Gasteiger partial charge in [0.2, 0.25) is 5.91 Å². The van der Waals surface area contributed by atoms with Gasteiger partial charge in [-0.1, -0.05) is 13.0 Å². The molecule has 3 N–H and O–H groups in total. The van der Waals surface area contributed by atoms with Crippen LogP contribution in [0.1, 0.15) is 36.7 Å². The van der Waals surface area contributed by atoms with Crippen molar-refractivity contribution in [1.29, 1.82) is 0 Å². The van der Waals surface area contributed by atoms with Gasteiger partial charge in [0.25, 0.3) is 5.91 Å². The number of amides is 2. The van der Waals surface area contributed by atoms with E-state index in [9.17, 15) is 9.59 Å². The molecule has 6 heteroatoms. The predicted molar refractivity (Wildman–Crippen MR) is 92.7 cm³/mol. The monoisotopic (exact) mass is 327 g/mol. The fraction of sp³-hybridized carbons (Fsp3) is 0.500. The lowest BCUT2D eigenvalue weighted by atomic mass is 10.1. The number of hydrogen-bond acceptors (Lipinski definition) is 3. The van der Waals surface area contributed by atoms with Crippen LogP contribution in [0.15, 0.2) is 18.2 Å². The minimum Gasteiger partial charge on any atom is -0.350 e. The number of benzene rings is 1. The smallest absolute Gasteiger partial charge is 0.251 e. The summed E-state index contributed by atoms with van der Waals surface area (Å²) in [6.45, 7) is 8.17. The summed E-state index contributed by atoms with van der Waals surface area (Å²) < 4.78 is 0. The molecule has 0 aliphatic carbocycles. The molecule has 0 heterocycles. The first-order valence-corrected chi connectivity index (χ1v) is 7.22. The van der Waals surface area contributed by atoms with Crippen LogP contribution in [0.5, 0.6) is 0 Å². The molecule has 0 aliphatic heterocycles. The molecule has 5 nitrogen and oxygen atoms in total. The molecule has 1 rings (SSSR count). The van der Waals surface area contributed by atoms with Gasteiger partial charge in [-0.15, -0.1) is 12.4 Å². The van der Waals surface area contributed by atoms with Crippen molar-refractivity contribution in [2.45, 2.75) is 33.7 Å². The van der Waals surface area contributed by atoms with Crippen molar-refractivity contribution in [3.05, 3.63) is 29.3 Å². The highest BCUT2D eigenvalue weighted by Crippen LogP contribution is 2.16. The summed E-state index contributed by atoms with van der Waals surface area (Å²) in [4.78, 5) is 24.1. The Hall–Kier alpha value is -1.59. The number of aryl methyl sites for hydroxylation is 1. The molecule has 1 aromatic rings. The van der Waals surface area contributed by atoms with Crippen molar-refractivity contribution in [2.75, 3.05) is 18.9 Å². The number of carbonyl (C=O) groups excluding carboxylic acids is 2. The maximum Gasteiger partial charge on any atom is 0.251 e. The van der Waals surface area contributed by atoms with Gasteiger partial charge in [0.15, 0.2) is 0 Å². The third-order valence-corrected chi connectivity index (χ3v) is 3.13. The Morgan fingerprint density at radius 2 is 1.82 bits per heavy atom. The van der Waals surface area contributed by atoms with Crippen LogP contribution in [-0.2, 0) is 4.79 Å². The van der Waals surface area contributed by atoms with E-state index in [1.54, 1.807) is 6.07 Å². The summed E-state index contributed by atoms with van der Waals surface area (Å²) >= 11 is 0. The number of rotatable bonds is 6. The summed E-state index contributed by atoms with van der Waals surface area (Å²) in [6.07, 6.45) is 0. The lowest BCUT2D eigenvalue weighted by molar-refractivity contribution is -0.119. The number of halogens is 1. The third-order valence-electron chi connectivity index (χ3n) is 3.13. The van der Waals surface area contributed by atoms with E-state index in [-0.39, 0.29) is 36.2 Å². The molecule has 0 bridgehead atoms. The molecule has 0 radical (unpaired) electrons. The number of hydrogen-bond donors (Lipinski definition) is 3. The van der Waals surface area contributed by atoms with Crippen LogP contribution >= 0.6 is 12.4 Å². The fourth-order valence-electron chi connectivity index (χ4n) is 1.95. The molecule has 0 spiro atoms. The van der Waals surface area contributed by atoms with Crippen LogP contribution in [0.3, 0.4) is 0 Å². The summed E-state index contributed by atoms with van der Waals surface area (Å²) in [7, 11) is 1.81. The highest BCUT2D eigenvalue weighted by atomic mass is 35.5. The largest absolute Gasteiger partial charge is 0.350 e. The van der Waals surface area contributed by atoms with Crippen LogP contribution in [-0.4, -0.2) is 31.4 Å². The summed E-state index contributed by atoms with van der Waals surface area (Å²) in [6, 6.07) is 5.45. The lowest BCUT2D eigenvalue weighted by Crippen LogP contribution is -2.31. The van der Waals surface area contributed by atoms with Crippen LogP contribution in [0.2, 0.25) is 0 Å². The van der Waals surface area contributed by atoms with Gasteiger partial charge in [0.05, 0.1) is 0 Å². The first-order chi connectivity index (χ1) is 9.85. The second kappa shape index (κ2) is 9.43. The highest BCUT2D eigenvalue weighted by molar-refractivity contribution is 5.98. The average molecular weight is 328 g/mol. The van der Waals surface area contributed by atoms with Crippen molar-refractivity contribution in [1.82, 2.24) is 10.6 Å². The van der Waals surface area contributed by atoms with Gasteiger partial charge in [-0.2, -0.15) is 0 Å². The van der Waals surface area contributed by atoms with Gasteiger partial charge in [-0.05, 0) is 45.5 Å². The van der Waals surface area contributed by atoms with Crippen molar-refractivity contribution < 1.29 is 9.59 Å². The minimum atomic E-state index is -0.135. The standard InChI is InChI=1S/C16H25N3O2.ClH/c1-10(2)18-16(21)14-8-13(7-6-11(14)3)19-15(20)12(4)9-17-5;/h6-8,10,12,17H,9H2,1-5H3,(H,18,21)(H,19,20);1H. The molecule has 2 amide bonds. The van der Waals surface area contributed by atoms with Crippen LogP contribution in [0, 0.1) is 12.8 Å². The second-order valence-corrected chi connectivity index (χ2v) is 5.61. The molecule has 0 saturated carbocycles. The summed E-state index contributed by atoms with van der Waals surface area (Å²) in [5.74, 6) is -0.325. The van der Waals surface area contributed by atoms with E-state index >= 15 is 0 Å². The molecule has 22 heavy (non-hydrogen) atoms. The van der Waals surface area contributed by atoms with Gasteiger partial charge >= 0.3 is 0 Å². The topological polar surface area (TPSA) is 70.2 Å². The van der Waals surface area contributed by atoms with Crippen molar-refractivity contribution in [3.63, 3.8) is 0 Å². The molecule has 0 aromatic heterocycles. The molecule has 1 aromatic carbocycles. The maximum atomic E-state index is 12.1. The Bertz CT molecular complexity index is 518. The van der Waals surface area contributed by atoms with Crippen molar-refractivity contribution >= 4 is 29.9 Å². The lowest BCUT2D eigenvalue weighted by Gasteiger charge is -2.14. The van der Waals surface area contributed by atoms with Crippen LogP contribution in [0.25, 0.3) is 0 Å². The Kier molecular flexibility index (Phi) is 8.75. The zero-order valence-electron chi connectivity index (χ0n) is 13.8. The third kappa shape index (κ3) is 6.03. The Labute approximate surface area is 138 Å². The Morgan fingerprint density at radius 1 is 1.18 bits per heavy atom. The number of nitrogens with one attached hydrogen (secondary N) is 3. The van der Waals surface area contributed by atoms with Crippen molar-refractivity contribution in [2.24, 2.45) is 5.92 Å². The van der Waals surface area contributed by atoms with E-state index in [2.05, 4.69) is 16.0 Å². The molecule has 124 valence electrons. The van der Waals surface area contributed by atoms with E-state index in [1.807, 2.05) is 46.9 Å². The van der Waals surface area contributed by atoms with Gasteiger partial charge in [-0.25, -0.2) is 0 Å². The first kappa shape index (κ1) is 20.4. The quantitative estimate of drug-likeness (QED) is 0.751. The number of carbonyl (C=O) groups is 2. The van der Waals surface area contributed by atoms with E-state index in [0.29, 0.717) is 17.8 Å². The summed E-state index contributed by atoms with van der Waals surface area (Å²) in [5.41, 5.74) is 2.11. The Balaban J connectivity index is 0.00000441. The maximum absolute atomic E-state index is 12.1. The molecule has 1 unspecified atom stereocenters. The second-order valence-electron chi connectivity index (χ2n) is 5.61. The van der Waals surface area contributed by atoms with E-state index in [4.69, 9.17) is 0 Å². The number of anilines is 1. The molecule has 0 saturated heterocycles. The molecular formula is C16H26ClN3O2. The fourth-order valence-corrected chi connectivity index (χ4v) is 1.95. The van der Waals surface area contributed by atoms with Crippen molar-refractivity contribution in [3.8, 4) is 0 Å². The first-order valence-electron chi connectivity index (χ1n) is 7.22. The van der Waals surface area contributed by atoms with Crippen LogP contribution < -0.4 is 16.0 Å². The summed E-state index contributed by atoms with van der Waals surface area (Å²) in [5, 5.41) is 8.67. The van der Waals surface area contributed by atoms with Gasteiger partial charge in [-0.3, -0.25) is 9.59 Å². The zero-order chi connectivity index (χ0) is 16.0. The minimum absolute atomic E-state index is 0. The average Bonchev–Trinajstić information content (AvgIpc) is 2.40. The predicted octanol–water partition coefficient (Wildman–Crippen LogP) is 2.35. The zero-order valence-corrected chi connectivity index (χ0v) is 14.6. The molecular weight excluding hydrogens is 302 g/mol. The SMILES string of the molecule is CNCC(C)C(=O)Nc1ccc(C)c(C(=O)NC(C)C)c1.Cl. The molecule has 1 atom stereocenters. The highest BCUT2D eigenvalue weighted by Gasteiger charge is 2.14. The van der Waals surface area contributed by atoms with Gasteiger partial charge in [0.1, 0.15) is 0 Å². The van der Waals surface area contributed by atoms with Crippen LogP contribution in [0.4, 0.5) is 5.69 Å². The molecule has 0 aliphatic rings. The van der Waals surface area contributed by atoms with Gasteiger partial charge < -0.3 is 16.0 Å². The van der Waals surface area contributed by atoms with E-state index < -0.39 is 0 Å². The van der Waals surface area contributed by atoms with E-state index in [1.165, 1.54) is 0 Å².